The Morgan fingerprint density at radius 2 is 1.84 bits per heavy atom. The molecule has 0 radical (unpaired) electrons. The monoisotopic (exact) mass is 570 g/mol. The fraction of sp³-hybridized carbons (Fsp3) is 0.550. The van der Waals surface area contributed by atoms with E-state index in [9.17, 15) is 13.2 Å². The first-order valence-corrected chi connectivity index (χ1v) is 10.2. The summed E-state index contributed by atoms with van der Waals surface area (Å²) in [7, 11) is 0. The molecule has 1 aromatic carbocycles. The smallest absolute Gasteiger partial charge is 0.406 e. The number of nitrogens with zero attached hydrogens (tertiary/aromatic N) is 4. The van der Waals surface area contributed by atoms with Gasteiger partial charge in [-0.3, -0.25) is 0 Å². The fourth-order valence-corrected chi connectivity index (χ4v) is 2.70. The van der Waals surface area contributed by atoms with Crippen molar-refractivity contribution in [2.45, 2.75) is 46.1 Å². The second-order valence-corrected chi connectivity index (χ2v) is 6.55. The van der Waals surface area contributed by atoms with Crippen LogP contribution in [-0.4, -0.2) is 53.4 Å². The number of benzene rings is 1. The van der Waals surface area contributed by atoms with Gasteiger partial charge in [0.05, 0.1) is 6.54 Å². The zero-order chi connectivity index (χ0) is 22.5. The highest BCUT2D eigenvalue weighted by Gasteiger charge is 2.30. The summed E-state index contributed by atoms with van der Waals surface area (Å²) in [5, 5.41) is 14.5. The molecule has 0 amide bonds. The van der Waals surface area contributed by atoms with Crippen molar-refractivity contribution in [2.24, 2.45) is 4.99 Å². The fourth-order valence-electron chi connectivity index (χ4n) is 2.70. The van der Waals surface area contributed by atoms with Gasteiger partial charge in [-0.15, -0.1) is 47.3 Å². The predicted octanol–water partition coefficient (Wildman–Crippen LogP) is 3.52. The molecule has 0 aliphatic rings. The van der Waals surface area contributed by atoms with Crippen molar-refractivity contribution in [3.05, 3.63) is 42.0 Å². The van der Waals surface area contributed by atoms with E-state index in [0.29, 0.717) is 45.4 Å². The van der Waals surface area contributed by atoms with Crippen LogP contribution in [0.25, 0.3) is 0 Å². The lowest BCUT2D eigenvalue weighted by atomic mass is 10.2. The molecule has 0 saturated carbocycles. The number of halogens is 4. The molecule has 1 heterocycles. The number of aryl methyl sites for hydroxylation is 1. The number of guanidine groups is 1. The van der Waals surface area contributed by atoms with Gasteiger partial charge in [-0.1, -0.05) is 19.1 Å². The van der Waals surface area contributed by atoms with Gasteiger partial charge in [-0.25, -0.2) is 4.99 Å². The van der Waals surface area contributed by atoms with E-state index < -0.39 is 6.36 Å². The van der Waals surface area contributed by atoms with Gasteiger partial charge in [0.15, 0.2) is 5.96 Å². The number of hydrogen-bond acceptors (Lipinski definition) is 5. The Kier molecular flexibility index (Phi) is 13.0. The van der Waals surface area contributed by atoms with Crippen molar-refractivity contribution in [1.82, 2.24) is 25.4 Å². The number of rotatable bonds is 12. The third-order valence-corrected chi connectivity index (χ3v) is 4.20. The maximum absolute atomic E-state index is 12.3. The van der Waals surface area contributed by atoms with Gasteiger partial charge >= 0.3 is 6.36 Å². The van der Waals surface area contributed by atoms with Crippen molar-refractivity contribution in [3.63, 3.8) is 0 Å². The normalized spacial score (nSPS) is 11.7. The van der Waals surface area contributed by atoms with Crippen LogP contribution in [0.3, 0.4) is 0 Å². The summed E-state index contributed by atoms with van der Waals surface area (Å²) in [5.74, 6) is 1.26. The quantitative estimate of drug-likeness (QED) is 0.176. The molecule has 12 heteroatoms. The average molecular weight is 570 g/mol. The second-order valence-electron chi connectivity index (χ2n) is 6.55. The van der Waals surface area contributed by atoms with Crippen LogP contribution in [0.15, 0.2) is 35.6 Å². The summed E-state index contributed by atoms with van der Waals surface area (Å²) in [6, 6.07) is 5.67. The minimum atomic E-state index is -4.70. The van der Waals surface area contributed by atoms with E-state index in [1.165, 1.54) is 12.1 Å². The summed E-state index contributed by atoms with van der Waals surface area (Å²) in [6.45, 7) is 7.56. The Bertz CT molecular complexity index is 799. The van der Waals surface area contributed by atoms with Crippen LogP contribution in [0.4, 0.5) is 13.2 Å². The maximum Gasteiger partial charge on any atom is 0.573 e. The standard InChI is InChI=1S/C20H29F3N6O2.HI/c1-3-18-28-27-15-29(18)12-11-25-19(24-10-5-13-30-4-2)26-14-16-6-8-17(9-7-16)31-20(21,22)23;/h6-9,15H,3-5,10-14H2,1-2H3,(H2,24,25,26);1H. The van der Waals surface area contributed by atoms with Gasteiger partial charge < -0.3 is 24.7 Å². The molecule has 0 aliphatic heterocycles. The Morgan fingerprint density at radius 1 is 1.12 bits per heavy atom. The maximum atomic E-state index is 12.3. The van der Waals surface area contributed by atoms with Crippen LogP contribution in [0.5, 0.6) is 5.75 Å². The highest BCUT2D eigenvalue weighted by atomic mass is 127. The number of hydrogen-bond donors (Lipinski definition) is 2. The number of aliphatic imine (C=N–C) groups is 1. The molecule has 0 unspecified atom stereocenters. The molecule has 2 aromatic rings. The van der Waals surface area contributed by atoms with Crippen molar-refractivity contribution in [1.29, 1.82) is 0 Å². The van der Waals surface area contributed by atoms with Gasteiger partial charge in [0.2, 0.25) is 0 Å². The zero-order valence-electron chi connectivity index (χ0n) is 18.2. The Labute approximate surface area is 203 Å². The minimum absolute atomic E-state index is 0. The van der Waals surface area contributed by atoms with E-state index in [1.54, 1.807) is 18.5 Å². The minimum Gasteiger partial charge on any atom is -0.406 e. The first-order valence-electron chi connectivity index (χ1n) is 10.2. The van der Waals surface area contributed by atoms with Crippen molar-refractivity contribution in [3.8, 4) is 5.75 Å². The number of alkyl halides is 3. The molecule has 0 fully saturated rings. The molecule has 2 rings (SSSR count). The van der Waals surface area contributed by atoms with Gasteiger partial charge in [-0.2, -0.15) is 0 Å². The lowest BCUT2D eigenvalue weighted by Gasteiger charge is -2.14. The van der Waals surface area contributed by atoms with Crippen LogP contribution in [0, 0.1) is 0 Å². The van der Waals surface area contributed by atoms with Crippen LogP contribution in [-0.2, 0) is 24.2 Å². The molecule has 0 bridgehead atoms. The molecule has 0 aliphatic carbocycles. The summed E-state index contributed by atoms with van der Waals surface area (Å²) in [5.41, 5.74) is 0.761. The molecule has 0 spiro atoms. The third kappa shape index (κ3) is 11.0. The van der Waals surface area contributed by atoms with Crippen LogP contribution >= 0.6 is 24.0 Å². The Balaban J connectivity index is 0.00000512. The molecular weight excluding hydrogens is 540 g/mol. The second kappa shape index (κ2) is 14.9. The molecule has 1 aromatic heterocycles. The SMILES string of the molecule is CCOCCCNC(=NCc1ccc(OC(F)(F)F)cc1)NCCn1cnnc1CC.I. The van der Waals surface area contributed by atoms with Crippen LogP contribution < -0.4 is 15.4 Å². The Hall–Kier alpha value is -2.09. The largest absolute Gasteiger partial charge is 0.573 e. The number of aromatic nitrogens is 3. The molecule has 180 valence electrons. The molecule has 2 N–H and O–H groups in total. The summed E-state index contributed by atoms with van der Waals surface area (Å²) in [4.78, 5) is 4.53. The average Bonchev–Trinajstić information content (AvgIpc) is 3.19. The van der Waals surface area contributed by atoms with Gasteiger partial charge in [0.1, 0.15) is 17.9 Å². The van der Waals surface area contributed by atoms with Gasteiger partial charge in [0.25, 0.3) is 0 Å². The highest BCUT2D eigenvalue weighted by molar-refractivity contribution is 14.0. The van der Waals surface area contributed by atoms with Crippen LogP contribution in [0.1, 0.15) is 31.7 Å². The zero-order valence-corrected chi connectivity index (χ0v) is 20.5. The molecule has 8 nitrogen and oxygen atoms in total. The lowest BCUT2D eigenvalue weighted by Crippen LogP contribution is -2.39. The van der Waals surface area contributed by atoms with Crippen molar-refractivity contribution in [2.75, 3.05) is 26.3 Å². The summed E-state index contributed by atoms with van der Waals surface area (Å²) >= 11 is 0. The van der Waals surface area contributed by atoms with E-state index in [-0.39, 0.29) is 29.7 Å². The van der Waals surface area contributed by atoms with E-state index in [4.69, 9.17) is 4.74 Å². The Morgan fingerprint density at radius 3 is 2.50 bits per heavy atom. The molecule has 32 heavy (non-hydrogen) atoms. The van der Waals surface area contributed by atoms with E-state index in [1.807, 2.05) is 18.4 Å². The first kappa shape index (κ1) is 27.9. The van der Waals surface area contributed by atoms with Crippen molar-refractivity contribution >= 4 is 29.9 Å². The van der Waals surface area contributed by atoms with Crippen molar-refractivity contribution < 1.29 is 22.6 Å². The molecule has 0 atom stereocenters. The van der Waals surface area contributed by atoms with Gasteiger partial charge in [0, 0.05) is 39.3 Å². The predicted molar refractivity (Wildman–Crippen MR) is 126 cm³/mol. The third-order valence-electron chi connectivity index (χ3n) is 4.20. The first-order chi connectivity index (χ1) is 14.9. The topological polar surface area (TPSA) is 85.6 Å². The van der Waals surface area contributed by atoms with E-state index >= 15 is 0 Å². The number of ether oxygens (including phenoxy) is 2. The lowest BCUT2D eigenvalue weighted by molar-refractivity contribution is -0.274. The number of nitrogens with one attached hydrogen (secondary N) is 2. The van der Waals surface area contributed by atoms with E-state index in [2.05, 4.69) is 30.6 Å². The molecular formula is C20H30F3IN6O2. The molecule has 0 saturated heterocycles. The van der Waals surface area contributed by atoms with E-state index in [0.717, 1.165) is 24.2 Å². The highest BCUT2D eigenvalue weighted by Crippen LogP contribution is 2.22. The summed E-state index contributed by atoms with van der Waals surface area (Å²) in [6.07, 6.45) is -1.39. The summed E-state index contributed by atoms with van der Waals surface area (Å²) < 4.78 is 48.0. The van der Waals surface area contributed by atoms with Gasteiger partial charge in [-0.05, 0) is 31.0 Å². The van der Waals surface area contributed by atoms with Crippen LogP contribution in [0.2, 0.25) is 0 Å².